The molecule has 0 spiro atoms. The summed E-state index contributed by atoms with van der Waals surface area (Å²) >= 11 is 0. The third-order valence-electron chi connectivity index (χ3n) is 1.76. The molecule has 0 unspecified atom stereocenters. The summed E-state index contributed by atoms with van der Waals surface area (Å²) in [5, 5.41) is 17.3. The minimum Gasteiger partial charge on any atom is -0.507 e. The van der Waals surface area contributed by atoms with Crippen LogP contribution in [0.25, 0.3) is 0 Å². The number of carbonyl (C=O) groups is 2. The van der Waals surface area contributed by atoms with Crippen molar-refractivity contribution < 1.29 is 19.8 Å². The van der Waals surface area contributed by atoms with Gasteiger partial charge in [-0.25, -0.2) is 4.79 Å². The van der Waals surface area contributed by atoms with E-state index in [4.69, 9.17) is 10.2 Å². The first-order valence-corrected chi connectivity index (χ1v) is 4.55. The summed E-state index contributed by atoms with van der Waals surface area (Å²) in [5.41, 5.74) is -0.0671. The zero-order valence-corrected chi connectivity index (χ0v) is 9.47. The molecule has 88 valence electrons. The van der Waals surface area contributed by atoms with E-state index in [1.54, 1.807) is 26.2 Å². The average Bonchev–Trinajstić information content (AvgIpc) is 2.18. The number of para-hydroxylation sites is 1. The zero-order valence-electron chi connectivity index (χ0n) is 9.47. The molecule has 5 nitrogen and oxygen atoms in total. The van der Waals surface area contributed by atoms with E-state index >= 15 is 0 Å². The fraction of sp³-hybridized carbons (Fsp3) is 0.273. The van der Waals surface area contributed by atoms with Gasteiger partial charge in [0.25, 0.3) is 0 Å². The summed E-state index contributed by atoms with van der Waals surface area (Å²) in [6.07, 6.45) is 0. The molecule has 5 heteroatoms. The molecule has 0 bridgehead atoms. The molecule has 0 aromatic heterocycles. The number of benzene rings is 1. The Morgan fingerprint density at radius 1 is 1.19 bits per heavy atom. The van der Waals surface area contributed by atoms with E-state index in [0.29, 0.717) is 0 Å². The maximum Gasteiger partial charge on any atom is 0.339 e. The number of rotatable bonds is 1. The van der Waals surface area contributed by atoms with E-state index in [9.17, 15) is 9.59 Å². The van der Waals surface area contributed by atoms with Crippen molar-refractivity contribution in [3.8, 4) is 5.75 Å². The van der Waals surface area contributed by atoms with Gasteiger partial charge in [-0.05, 0) is 12.1 Å². The molecular formula is C11H15NO4. The van der Waals surface area contributed by atoms with Crippen LogP contribution in [0.4, 0.5) is 0 Å². The van der Waals surface area contributed by atoms with Gasteiger partial charge < -0.3 is 15.1 Å². The van der Waals surface area contributed by atoms with Crippen LogP contribution < -0.4 is 0 Å². The van der Waals surface area contributed by atoms with Gasteiger partial charge in [0.15, 0.2) is 0 Å². The lowest BCUT2D eigenvalue weighted by atomic mass is 10.2. The first-order chi connectivity index (χ1) is 7.36. The van der Waals surface area contributed by atoms with Crippen LogP contribution >= 0.6 is 0 Å². The maximum atomic E-state index is 10.3. The van der Waals surface area contributed by atoms with E-state index in [1.165, 1.54) is 24.0 Å². The van der Waals surface area contributed by atoms with Gasteiger partial charge in [-0.15, -0.1) is 0 Å². The predicted molar refractivity (Wildman–Crippen MR) is 59.4 cm³/mol. The standard InChI is InChI=1S/C7H6O3.C4H9NO/c8-6-4-2-1-3-5(6)7(9)10;1-4(6)5(2)3/h1-4,8H,(H,9,10);1-3H3. The largest absolute Gasteiger partial charge is 0.507 e. The fourth-order valence-electron chi connectivity index (χ4n) is 0.654. The van der Waals surface area contributed by atoms with Crippen molar-refractivity contribution in [2.45, 2.75) is 6.92 Å². The first kappa shape index (κ1) is 14.0. The van der Waals surface area contributed by atoms with Crippen molar-refractivity contribution in [1.82, 2.24) is 4.90 Å². The van der Waals surface area contributed by atoms with Crippen molar-refractivity contribution >= 4 is 11.9 Å². The number of carboxylic acids is 1. The second kappa shape index (κ2) is 6.44. The highest BCUT2D eigenvalue weighted by Gasteiger charge is 2.05. The van der Waals surface area contributed by atoms with Crippen molar-refractivity contribution in [2.75, 3.05) is 14.1 Å². The highest BCUT2D eigenvalue weighted by molar-refractivity contribution is 5.90. The molecule has 0 atom stereocenters. The summed E-state index contributed by atoms with van der Waals surface area (Å²) in [4.78, 5) is 21.9. The number of hydrogen-bond donors (Lipinski definition) is 2. The summed E-state index contributed by atoms with van der Waals surface area (Å²) in [6.45, 7) is 1.53. The van der Waals surface area contributed by atoms with Crippen molar-refractivity contribution in [1.29, 1.82) is 0 Å². The molecule has 0 aliphatic rings. The smallest absolute Gasteiger partial charge is 0.339 e. The Morgan fingerprint density at radius 3 is 1.88 bits per heavy atom. The Hall–Kier alpha value is -2.04. The van der Waals surface area contributed by atoms with Gasteiger partial charge in [-0.2, -0.15) is 0 Å². The van der Waals surface area contributed by atoms with Gasteiger partial charge in [0.1, 0.15) is 11.3 Å². The first-order valence-electron chi connectivity index (χ1n) is 4.55. The van der Waals surface area contributed by atoms with Gasteiger partial charge >= 0.3 is 5.97 Å². The Balaban J connectivity index is 0.000000325. The Labute approximate surface area is 93.9 Å². The quantitative estimate of drug-likeness (QED) is 0.752. The number of carboxylic acid groups (broad SMARTS) is 1. The number of phenols is 1. The van der Waals surface area contributed by atoms with Crippen molar-refractivity contribution in [3.63, 3.8) is 0 Å². The van der Waals surface area contributed by atoms with E-state index in [-0.39, 0.29) is 17.2 Å². The van der Waals surface area contributed by atoms with E-state index in [1.807, 2.05) is 0 Å². The number of nitrogens with zero attached hydrogens (tertiary/aromatic N) is 1. The Kier molecular flexibility index (Phi) is 5.62. The van der Waals surface area contributed by atoms with Gasteiger partial charge in [0.2, 0.25) is 5.91 Å². The van der Waals surface area contributed by atoms with E-state index in [2.05, 4.69) is 0 Å². The summed E-state index contributed by atoms with van der Waals surface area (Å²) in [6, 6.07) is 5.81. The number of aromatic hydroxyl groups is 1. The molecule has 0 saturated carbocycles. The molecular weight excluding hydrogens is 210 g/mol. The molecule has 16 heavy (non-hydrogen) atoms. The molecule has 0 aliphatic carbocycles. The van der Waals surface area contributed by atoms with Gasteiger partial charge in [-0.1, -0.05) is 12.1 Å². The molecule has 1 aromatic carbocycles. The predicted octanol–water partition coefficient (Wildman–Crippen LogP) is 1.18. The lowest BCUT2D eigenvalue weighted by Gasteiger charge is -2.02. The van der Waals surface area contributed by atoms with Crippen LogP contribution in [0.5, 0.6) is 5.75 Å². The molecule has 0 saturated heterocycles. The number of hydrogen-bond acceptors (Lipinski definition) is 3. The lowest BCUT2D eigenvalue weighted by Crippen LogP contribution is -2.17. The fourth-order valence-corrected chi connectivity index (χ4v) is 0.654. The van der Waals surface area contributed by atoms with Crippen LogP contribution in [-0.4, -0.2) is 41.1 Å². The molecule has 0 heterocycles. The third kappa shape index (κ3) is 4.99. The third-order valence-corrected chi connectivity index (χ3v) is 1.76. The van der Waals surface area contributed by atoms with Crippen LogP contribution in [0.3, 0.4) is 0 Å². The minimum atomic E-state index is -1.11. The van der Waals surface area contributed by atoms with E-state index < -0.39 is 5.97 Å². The van der Waals surface area contributed by atoms with Gasteiger partial charge in [0, 0.05) is 21.0 Å². The minimum absolute atomic E-state index is 0.0671. The molecule has 0 radical (unpaired) electrons. The van der Waals surface area contributed by atoms with Crippen LogP contribution in [-0.2, 0) is 4.79 Å². The summed E-state index contributed by atoms with van der Waals surface area (Å²) < 4.78 is 0. The monoisotopic (exact) mass is 225 g/mol. The molecule has 1 amide bonds. The number of amides is 1. The normalized spacial score (nSPS) is 8.69. The highest BCUT2D eigenvalue weighted by atomic mass is 16.4. The summed E-state index contributed by atoms with van der Waals surface area (Å²) in [5.74, 6) is -1.22. The van der Waals surface area contributed by atoms with Crippen LogP contribution in [0, 0.1) is 0 Å². The average molecular weight is 225 g/mol. The van der Waals surface area contributed by atoms with Crippen molar-refractivity contribution in [2.24, 2.45) is 0 Å². The van der Waals surface area contributed by atoms with Gasteiger partial charge in [0.05, 0.1) is 0 Å². The van der Waals surface area contributed by atoms with Gasteiger partial charge in [-0.3, -0.25) is 4.79 Å². The van der Waals surface area contributed by atoms with Crippen LogP contribution in [0.2, 0.25) is 0 Å². The zero-order chi connectivity index (χ0) is 12.7. The van der Waals surface area contributed by atoms with Crippen LogP contribution in [0.15, 0.2) is 24.3 Å². The SMILES string of the molecule is CC(=O)N(C)C.O=C(O)c1ccccc1O. The Morgan fingerprint density at radius 2 is 1.62 bits per heavy atom. The van der Waals surface area contributed by atoms with E-state index in [0.717, 1.165) is 0 Å². The van der Waals surface area contributed by atoms with Crippen LogP contribution in [0.1, 0.15) is 17.3 Å². The molecule has 2 N–H and O–H groups in total. The molecule has 0 aliphatic heterocycles. The second-order valence-corrected chi connectivity index (χ2v) is 3.24. The Bertz CT molecular complexity index is 374. The molecule has 1 aromatic rings. The molecule has 0 fully saturated rings. The molecule has 1 rings (SSSR count). The number of carbonyl (C=O) groups excluding carboxylic acids is 1. The maximum absolute atomic E-state index is 10.3. The van der Waals surface area contributed by atoms with Crippen molar-refractivity contribution in [3.05, 3.63) is 29.8 Å². The topological polar surface area (TPSA) is 77.8 Å². The highest BCUT2D eigenvalue weighted by Crippen LogP contribution is 2.14. The summed E-state index contributed by atoms with van der Waals surface area (Å²) in [7, 11) is 3.45. The second-order valence-electron chi connectivity index (χ2n) is 3.24. The lowest BCUT2D eigenvalue weighted by molar-refractivity contribution is -0.126. The number of aromatic carboxylic acids is 1.